The Morgan fingerprint density at radius 1 is 1.28 bits per heavy atom. The Balaban J connectivity index is 1.47. The molecule has 0 saturated carbocycles. The van der Waals surface area contributed by atoms with Crippen molar-refractivity contribution in [2.24, 2.45) is 7.05 Å². The minimum Gasteiger partial charge on any atom is -0.355 e. The molecule has 0 N–H and O–H groups in total. The maximum absolute atomic E-state index is 12.4. The van der Waals surface area contributed by atoms with Gasteiger partial charge in [-0.3, -0.25) is 9.48 Å². The van der Waals surface area contributed by atoms with Gasteiger partial charge in [0.2, 0.25) is 5.91 Å². The summed E-state index contributed by atoms with van der Waals surface area (Å²) in [5.74, 6) is 1.13. The van der Waals surface area contributed by atoms with E-state index in [0.717, 1.165) is 49.4 Å². The summed E-state index contributed by atoms with van der Waals surface area (Å²) in [5.41, 5.74) is 2.04. The maximum Gasteiger partial charge on any atom is 0.222 e. The normalized spacial score (nSPS) is 15.4. The second kappa shape index (κ2) is 7.63. The van der Waals surface area contributed by atoms with Crippen molar-refractivity contribution in [3.8, 4) is 0 Å². The van der Waals surface area contributed by atoms with E-state index in [1.807, 2.05) is 43.4 Å². The van der Waals surface area contributed by atoms with Crippen LogP contribution in [0.2, 0.25) is 0 Å². The number of amides is 1. The summed E-state index contributed by atoms with van der Waals surface area (Å²) >= 11 is 0. The van der Waals surface area contributed by atoms with Gasteiger partial charge in [-0.25, -0.2) is 0 Å². The molecule has 1 fully saturated rings. The van der Waals surface area contributed by atoms with Crippen molar-refractivity contribution in [2.45, 2.75) is 38.6 Å². The molecule has 25 heavy (non-hydrogen) atoms. The average Bonchev–Trinajstić information content (AvgIpc) is 3.05. The molecule has 134 valence electrons. The van der Waals surface area contributed by atoms with Gasteiger partial charge in [-0.2, -0.15) is 10.2 Å². The highest BCUT2D eigenvalue weighted by atomic mass is 16.2. The van der Waals surface area contributed by atoms with E-state index in [4.69, 9.17) is 0 Å². The Hall–Kier alpha value is -2.44. The van der Waals surface area contributed by atoms with Gasteiger partial charge in [0.15, 0.2) is 5.82 Å². The van der Waals surface area contributed by atoms with Gasteiger partial charge in [-0.05, 0) is 43.9 Å². The van der Waals surface area contributed by atoms with Crippen molar-refractivity contribution < 1.29 is 4.79 Å². The first-order valence-electron chi connectivity index (χ1n) is 8.81. The largest absolute Gasteiger partial charge is 0.355 e. The quantitative estimate of drug-likeness (QED) is 0.825. The standard InChI is InChI=1S/C18H26N6O/c1-14-4-6-17(21-20-14)23(3)16-8-10-24(11-9-16)18(25)7-5-15-12-19-22(2)13-15/h4,6,12-13,16H,5,7-11H2,1-3H3. The molecule has 0 unspecified atom stereocenters. The van der Waals surface area contributed by atoms with Crippen molar-refractivity contribution in [1.82, 2.24) is 24.9 Å². The number of piperidine rings is 1. The molecular formula is C18H26N6O. The third-order valence-corrected chi connectivity index (χ3v) is 4.90. The third kappa shape index (κ3) is 4.35. The first-order chi connectivity index (χ1) is 12.0. The number of aromatic nitrogens is 4. The SMILES string of the molecule is Cc1ccc(N(C)C2CCN(C(=O)CCc3cnn(C)c3)CC2)nn1. The lowest BCUT2D eigenvalue weighted by atomic mass is 10.0. The topological polar surface area (TPSA) is 67.2 Å². The smallest absolute Gasteiger partial charge is 0.222 e. The summed E-state index contributed by atoms with van der Waals surface area (Å²) in [6.07, 6.45) is 7.03. The van der Waals surface area contributed by atoms with Crippen LogP contribution >= 0.6 is 0 Å². The molecule has 0 spiro atoms. The first kappa shape index (κ1) is 17.4. The molecule has 7 heteroatoms. The minimum absolute atomic E-state index is 0.236. The van der Waals surface area contributed by atoms with Crippen LogP contribution in [0.15, 0.2) is 24.5 Å². The van der Waals surface area contributed by atoms with E-state index in [-0.39, 0.29) is 5.91 Å². The van der Waals surface area contributed by atoms with Gasteiger partial charge < -0.3 is 9.80 Å². The van der Waals surface area contributed by atoms with Crippen LogP contribution in [0.25, 0.3) is 0 Å². The second-order valence-electron chi connectivity index (χ2n) is 6.78. The molecule has 1 amide bonds. The summed E-state index contributed by atoms with van der Waals surface area (Å²) in [5, 5.41) is 12.5. The Bertz CT molecular complexity index is 703. The van der Waals surface area contributed by atoms with Gasteiger partial charge in [0.25, 0.3) is 0 Å². The fraction of sp³-hybridized carbons (Fsp3) is 0.556. The predicted octanol–water partition coefficient (Wildman–Crippen LogP) is 1.58. The summed E-state index contributed by atoms with van der Waals surface area (Å²) in [6.45, 7) is 3.55. The van der Waals surface area contributed by atoms with Crippen LogP contribution in [-0.4, -0.2) is 57.0 Å². The highest BCUT2D eigenvalue weighted by Crippen LogP contribution is 2.20. The third-order valence-electron chi connectivity index (χ3n) is 4.90. The van der Waals surface area contributed by atoms with E-state index < -0.39 is 0 Å². The lowest BCUT2D eigenvalue weighted by Crippen LogP contribution is -2.46. The zero-order valence-electron chi connectivity index (χ0n) is 15.2. The molecule has 2 aromatic rings. The number of rotatable bonds is 5. The van der Waals surface area contributed by atoms with Crippen LogP contribution in [0.4, 0.5) is 5.82 Å². The van der Waals surface area contributed by atoms with E-state index in [0.29, 0.717) is 12.5 Å². The molecule has 0 atom stereocenters. The summed E-state index contributed by atoms with van der Waals surface area (Å²) < 4.78 is 1.77. The lowest BCUT2D eigenvalue weighted by molar-refractivity contribution is -0.132. The lowest BCUT2D eigenvalue weighted by Gasteiger charge is -2.37. The van der Waals surface area contributed by atoms with Crippen LogP contribution in [-0.2, 0) is 18.3 Å². The van der Waals surface area contributed by atoms with Crippen molar-refractivity contribution in [3.63, 3.8) is 0 Å². The zero-order valence-corrected chi connectivity index (χ0v) is 15.2. The molecule has 7 nitrogen and oxygen atoms in total. The first-order valence-corrected chi connectivity index (χ1v) is 8.81. The second-order valence-corrected chi connectivity index (χ2v) is 6.78. The van der Waals surface area contributed by atoms with Crippen LogP contribution in [0.5, 0.6) is 0 Å². The molecule has 0 aliphatic carbocycles. The molecule has 0 aromatic carbocycles. The number of anilines is 1. The van der Waals surface area contributed by atoms with Crippen molar-refractivity contribution >= 4 is 11.7 Å². The molecule has 1 saturated heterocycles. The number of hydrogen-bond acceptors (Lipinski definition) is 5. The molecule has 3 heterocycles. The van der Waals surface area contributed by atoms with Crippen LogP contribution in [0.3, 0.4) is 0 Å². The van der Waals surface area contributed by atoms with E-state index >= 15 is 0 Å². The van der Waals surface area contributed by atoms with Crippen LogP contribution < -0.4 is 4.90 Å². The van der Waals surface area contributed by atoms with Gasteiger partial charge in [0.1, 0.15) is 0 Å². The Labute approximate surface area is 148 Å². The van der Waals surface area contributed by atoms with Crippen molar-refractivity contribution in [1.29, 1.82) is 0 Å². The fourth-order valence-electron chi connectivity index (χ4n) is 3.28. The molecule has 1 aliphatic heterocycles. The van der Waals surface area contributed by atoms with E-state index in [9.17, 15) is 4.79 Å². The van der Waals surface area contributed by atoms with Crippen molar-refractivity contribution in [3.05, 3.63) is 35.8 Å². The Morgan fingerprint density at radius 3 is 2.64 bits per heavy atom. The number of nitrogens with zero attached hydrogens (tertiary/aromatic N) is 6. The monoisotopic (exact) mass is 342 g/mol. The predicted molar refractivity (Wildman–Crippen MR) is 96.3 cm³/mol. The Morgan fingerprint density at radius 2 is 2.04 bits per heavy atom. The number of aryl methyl sites for hydroxylation is 3. The van der Waals surface area contributed by atoms with E-state index in [2.05, 4.69) is 27.2 Å². The van der Waals surface area contributed by atoms with Gasteiger partial charge >= 0.3 is 0 Å². The molecule has 3 rings (SSSR count). The van der Waals surface area contributed by atoms with Gasteiger partial charge in [-0.15, -0.1) is 5.10 Å². The van der Waals surface area contributed by atoms with Gasteiger partial charge in [0, 0.05) is 45.8 Å². The van der Waals surface area contributed by atoms with Crippen LogP contribution in [0.1, 0.15) is 30.5 Å². The molecular weight excluding hydrogens is 316 g/mol. The highest BCUT2D eigenvalue weighted by Gasteiger charge is 2.25. The number of carbonyl (C=O) groups is 1. The Kier molecular flexibility index (Phi) is 5.31. The summed E-state index contributed by atoms with van der Waals surface area (Å²) in [7, 11) is 3.95. The highest BCUT2D eigenvalue weighted by molar-refractivity contribution is 5.76. The molecule has 2 aromatic heterocycles. The minimum atomic E-state index is 0.236. The van der Waals surface area contributed by atoms with Gasteiger partial charge in [0.05, 0.1) is 11.9 Å². The average molecular weight is 342 g/mol. The number of hydrogen-bond donors (Lipinski definition) is 0. The van der Waals surface area contributed by atoms with E-state index in [1.165, 1.54) is 0 Å². The molecule has 0 radical (unpaired) electrons. The van der Waals surface area contributed by atoms with Crippen molar-refractivity contribution in [2.75, 3.05) is 25.0 Å². The van der Waals surface area contributed by atoms with Gasteiger partial charge in [-0.1, -0.05) is 0 Å². The fourth-order valence-corrected chi connectivity index (χ4v) is 3.28. The summed E-state index contributed by atoms with van der Waals surface area (Å²) in [6, 6.07) is 4.39. The van der Waals surface area contributed by atoms with E-state index in [1.54, 1.807) is 4.68 Å². The summed E-state index contributed by atoms with van der Waals surface area (Å²) in [4.78, 5) is 16.6. The van der Waals surface area contributed by atoms with Crippen LogP contribution in [0, 0.1) is 6.92 Å². The molecule has 1 aliphatic rings. The molecule has 0 bridgehead atoms. The number of carbonyl (C=O) groups excluding carboxylic acids is 1. The number of likely N-dealkylation sites (tertiary alicyclic amines) is 1. The maximum atomic E-state index is 12.4. The zero-order chi connectivity index (χ0) is 17.8.